The second kappa shape index (κ2) is 5.27. The van der Waals surface area contributed by atoms with E-state index in [-0.39, 0.29) is 11.9 Å². The molecule has 2 atom stereocenters. The van der Waals surface area contributed by atoms with Crippen LogP contribution < -0.4 is 10.2 Å². The number of rotatable bonds is 2. The van der Waals surface area contributed by atoms with E-state index in [9.17, 15) is 4.79 Å². The number of pyridine rings is 1. The second-order valence-electron chi connectivity index (χ2n) is 4.74. The van der Waals surface area contributed by atoms with Crippen LogP contribution >= 0.6 is 0 Å². The van der Waals surface area contributed by atoms with Crippen LogP contribution in [-0.2, 0) is 4.79 Å². The summed E-state index contributed by atoms with van der Waals surface area (Å²) in [6.45, 7) is 3.13. The molecule has 2 rings (SSSR count). The zero-order valence-corrected chi connectivity index (χ0v) is 10.4. The minimum Gasteiger partial charge on any atom is -0.314 e. The van der Waals surface area contributed by atoms with Gasteiger partial charge in [-0.1, -0.05) is 6.92 Å². The molecule has 0 radical (unpaired) electrons. The molecular formula is C13H19N3O. The second-order valence-corrected chi connectivity index (χ2v) is 4.74. The van der Waals surface area contributed by atoms with Crippen LogP contribution in [-0.4, -0.2) is 30.5 Å². The summed E-state index contributed by atoms with van der Waals surface area (Å²) in [6, 6.07) is 3.66. The van der Waals surface area contributed by atoms with Gasteiger partial charge in [0.15, 0.2) is 0 Å². The smallest absolute Gasteiger partial charge is 0.243 e. The van der Waals surface area contributed by atoms with Gasteiger partial charge < -0.3 is 10.2 Å². The summed E-state index contributed by atoms with van der Waals surface area (Å²) in [6.07, 6.45) is 5.49. The van der Waals surface area contributed by atoms with Crippen molar-refractivity contribution in [2.45, 2.75) is 25.8 Å². The first-order chi connectivity index (χ1) is 8.18. The average Bonchev–Trinajstić information content (AvgIpc) is 2.38. The third-order valence-electron chi connectivity index (χ3n) is 3.34. The molecule has 1 saturated heterocycles. The van der Waals surface area contributed by atoms with Gasteiger partial charge in [-0.2, -0.15) is 0 Å². The molecule has 1 fully saturated rings. The lowest BCUT2D eigenvalue weighted by molar-refractivity contribution is -0.121. The van der Waals surface area contributed by atoms with Gasteiger partial charge in [-0.3, -0.25) is 9.78 Å². The Labute approximate surface area is 102 Å². The summed E-state index contributed by atoms with van der Waals surface area (Å²) in [7, 11) is 1.82. The zero-order chi connectivity index (χ0) is 12.3. The van der Waals surface area contributed by atoms with Crippen LogP contribution in [0.4, 0.5) is 5.69 Å². The van der Waals surface area contributed by atoms with Gasteiger partial charge >= 0.3 is 0 Å². The third kappa shape index (κ3) is 2.82. The van der Waals surface area contributed by atoms with Gasteiger partial charge in [0.2, 0.25) is 5.91 Å². The molecule has 2 heterocycles. The predicted molar refractivity (Wildman–Crippen MR) is 67.8 cm³/mol. The first kappa shape index (κ1) is 12.0. The predicted octanol–water partition coefficient (Wildman–Crippen LogP) is 1.43. The molecule has 92 valence electrons. The normalized spacial score (nSPS) is 24.4. The SMILES string of the molecule is CC1CCNC(C(=O)N(C)c2ccncc2)C1. The number of anilines is 1. The molecule has 2 unspecified atom stereocenters. The maximum Gasteiger partial charge on any atom is 0.243 e. The molecule has 0 aliphatic carbocycles. The standard InChI is InChI=1S/C13H19N3O/c1-10-3-8-15-12(9-10)13(17)16(2)11-4-6-14-7-5-11/h4-7,10,12,15H,3,8-9H2,1-2H3. The Balaban J connectivity index is 2.04. The van der Waals surface area contributed by atoms with E-state index < -0.39 is 0 Å². The van der Waals surface area contributed by atoms with Crippen LogP contribution in [0.3, 0.4) is 0 Å². The summed E-state index contributed by atoms with van der Waals surface area (Å²) < 4.78 is 0. The molecule has 1 aromatic rings. The van der Waals surface area contributed by atoms with E-state index in [1.807, 2.05) is 19.2 Å². The van der Waals surface area contributed by atoms with Crippen LogP contribution in [0.2, 0.25) is 0 Å². The molecule has 0 saturated carbocycles. The monoisotopic (exact) mass is 233 g/mol. The first-order valence-electron chi connectivity index (χ1n) is 6.09. The molecule has 17 heavy (non-hydrogen) atoms. The highest BCUT2D eigenvalue weighted by Gasteiger charge is 2.27. The van der Waals surface area contributed by atoms with Crippen molar-refractivity contribution in [3.05, 3.63) is 24.5 Å². The third-order valence-corrected chi connectivity index (χ3v) is 3.34. The molecule has 1 amide bonds. The van der Waals surface area contributed by atoms with Crippen molar-refractivity contribution >= 4 is 11.6 Å². The Morgan fingerprint density at radius 2 is 2.18 bits per heavy atom. The van der Waals surface area contributed by atoms with E-state index in [2.05, 4.69) is 17.2 Å². The van der Waals surface area contributed by atoms with Crippen molar-refractivity contribution in [1.29, 1.82) is 0 Å². The van der Waals surface area contributed by atoms with Crippen molar-refractivity contribution in [2.24, 2.45) is 5.92 Å². The number of carbonyl (C=O) groups excluding carboxylic acids is 1. The lowest BCUT2D eigenvalue weighted by Gasteiger charge is -2.30. The Morgan fingerprint density at radius 3 is 2.82 bits per heavy atom. The number of hydrogen-bond donors (Lipinski definition) is 1. The fourth-order valence-corrected chi connectivity index (χ4v) is 2.22. The number of likely N-dealkylation sites (N-methyl/N-ethyl adjacent to an activating group) is 1. The Morgan fingerprint density at radius 1 is 1.47 bits per heavy atom. The van der Waals surface area contributed by atoms with E-state index >= 15 is 0 Å². The maximum atomic E-state index is 12.3. The minimum atomic E-state index is -0.0445. The summed E-state index contributed by atoms with van der Waals surface area (Å²) in [4.78, 5) is 18.0. The molecule has 0 aromatic carbocycles. The van der Waals surface area contributed by atoms with Gasteiger partial charge in [-0.05, 0) is 37.4 Å². The zero-order valence-electron chi connectivity index (χ0n) is 10.4. The van der Waals surface area contributed by atoms with Crippen molar-refractivity contribution < 1.29 is 4.79 Å². The van der Waals surface area contributed by atoms with E-state index in [0.717, 1.165) is 25.1 Å². The number of hydrogen-bond acceptors (Lipinski definition) is 3. The number of carbonyl (C=O) groups is 1. The van der Waals surface area contributed by atoms with E-state index in [1.165, 1.54) is 0 Å². The van der Waals surface area contributed by atoms with Crippen LogP contribution in [0.1, 0.15) is 19.8 Å². The first-order valence-corrected chi connectivity index (χ1v) is 6.09. The number of nitrogens with one attached hydrogen (secondary N) is 1. The van der Waals surface area contributed by atoms with Gasteiger partial charge in [0.05, 0.1) is 6.04 Å². The van der Waals surface area contributed by atoms with Crippen molar-refractivity contribution in [1.82, 2.24) is 10.3 Å². The summed E-state index contributed by atoms with van der Waals surface area (Å²) in [5.41, 5.74) is 0.894. The van der Waals surface area contributed by atoms with Gasteiger partial charge in [0, 0.05) is 25.1 Å². The van der Waals surface area contributed by atoms with Crippen molar-refractivity contribution in [3.63, 3.8) is 0 Å². The van der Waals surface area contributed by atoms with Crippen LogP contribution in [0.25, 0.3) is 0 Å². The number of piperidine rings is 1. The van der Waals surface area contributed by atoms with Gasteiger partial charge in [0.25, 0.3) is 0 Å². The largest absolute Gasteiger partial charge is 0.314 e. The summed E-state index contributed by atoms with van der Waals surface area (Å²) in [5, 5.41) is 3.29. The maximum absolute atomic E-state index is 12.3. The Bertz CT molecular complexity index is 380. The molecule has 4 heteroatoms. The van der Waals surface area contributed by atoms with Gasteiger partial charge in [-0.15, -0.1) is 0 Å². The summed E-state index contributed by atoms with van der Waals surface area (Å²) >= 11 is 0. The number of amides is 1. The lowest BCUT2D eigenvalue weighted by atomic mass is 9.93. The van der Waals surface area contributed by atoms with E-state index in [1.54, 1.807) is 17.3 Å². The molecule has 1 aromatic heterocycles. The molecule has 1 N–H and O–H groups in total. The molecule has 0 spiro atoms. The topological polar surface area (TPSA) is 45.2 Å². The Hall–Kier alpha value is -1.42. The average molecular weight is 233 g/mol. The van der Waals surface area contributed by atoms with Crippen LogP contribution in [0.5, 0.6) is 0 Å². The quantitative estimate of drug-likeness (QED) is 0.840. The molecule has 1 aliphatic rings. The fraction of sp³-hybridized carbons (Fsp3) is 0.538. The van der Waals surface area contributed by atoms with Gasteiger partial charge in [-0.25, -0.2) is 0 Å². The van der Waals surface area contributed by atoms with Gasteiger partial charge in [0.1, 0.15) is 0 Å². The number of nitrogens with zero attached hydrogens (tertiary/aromatic N) is 2. The van der Waals surface area contributed by atoms with E-state index in [0.29, 0.717) is 5.92 Å². The Kier molecular flexibility index (Phi) is 3.74. The van der Waals surface area contributed by atoms with Crippen LogP contribution in [0.15, 0.2) is 24.5 Å². The highest BCUT2D eigenvalue weighted by molar-refractivity contribution is 5.96. The van der Waals surface area contributed by atoms with E-state index in [4.69, 9.17) is 0 Å². The molecule has 4 nitrogen and oxygen atoms in total. The van der Waals surface area contributed by atoms with Crippen molar-refractivity contribution in [2.75, 3.05) is 18.5 Å². The van der Waals surface area contributed by atoms with Crippen molar-refractivity contribution in [3.8, 4) is 0 Å². The van der Waals surface area contributed by atoms with Crippen LogP contribution in [0, 0.1) is 5.92 Å². The minimum absolute atomic E-state index is 0.0445. The lowest BCUT2D eigenvalue weighted by Crippen LogP contribution is -2.49. The summed E-state index contributed by atoms with van der Waals surface area (Å²) in [5.74, 6) is 0.763. The molecule has 1 aliphatic heterocycles. The fourth-order valence-electron chi connectivity index (χ4n) is 2.22. The highest BCUT2D eigenvalue weighted by atomic mass is 16.2. The molecular weight excluding hydrogens is 214 g/mol. The highest BCUT2D eigenvalue weighted by Crippen LogP contribution is 2.18. The molecule has 0 bridgehead atoms. The number of aromatic nitrogens is 1.